The smallest absolute Gasteiger partial charge is 0.167 e. The molecule has 0 radical (unpaired) electrons. The molecule has 6 heteroatoms. The van der Waals surface area contributed by atoms with Gasteiger partial charge in [0.2, 0.25) is 0 Å². The summed E-state index contributed by atoms with van der Waals surface area (Å²) < 4.78 is 13.7. The van der Waals surface area contributed by atoms with Crippen molar-refractivity contribution < 1.29 is 14.6 Å². The van der Waals surface area contributed by atoms with Gasteiger partial charge in [0.15, 0.2) is 6.73 Å². The average Bonchev–Trinajstić information content (AvgIpc) is 3.23. The molecule has 0 unspecified atom stereocenters. The van der Waals surface area contributed by atoms with E-state index in [4.69, 9.17) is 20.2 Å². The van der Waals surface area contributed by atoms with Gasteiger partial charge in [0.1, 0.15) is 17.3 Å². The van der Waals surface area contributed by atoms with Crippen LogP contribution in [0.3, 0.4) is 0 Å². The van der Waals surface area contributed by atoms with E-state index in [1.165, 1.54) is 0 Å². The topological polar surface area (TPSA) is 82.5 Å². The number of hydrogen-bond donors (Lipinski definition) is 2. The van der Waals surface area contributed by atoms with Crippen LogP contribution in [0, 0.1) is 0 Å². The summed E-state index contributed by atoms with van der Waals surface area (Å²) in [6.45, 7) is 2.22. The number of aliphatic hydroxyl groups is 1. The van der Waals surface area contributed by atoms with Crippen LogP contribution >= 0.6 is 0 Å². The number of aromatic nitrogens is 2. The Morgan fingerprint density at radius 3 is 2.41 bits per heavy atom. The Hall–Kier alpha value is -3.61. The van der Waals surface area contributed by atoms with Gasteiger partial charge in [0, 0.05) is 16.7 Å². The zero-order valence-corrected chi connectivity index (χ0v) is 19.3. The monoisotopic (exact) mass is 453 g/mol. The highest BCUT2D eigenvalue weighted by Crippen LogP contribution is 2.47. The maximum atomic E-state index is 10.2. The SMILES string of the molecule is COc1ccc2c(c1)-c1nc(-c3ccc([C@]4(N)C[C@@](C)(O)C4)cc3)c(-c3ccccc3)n1CO2. The second-order valence-corrected chi connectivity index (χ2v) is 9.65. The van der Waals surface area contributed by atoms with Crippen molar-refractivity contribution in [3.63, 3.8) is 0 Å². The molecule has 0 atom stereocenters. The minimum Gasteiger partial charge on any atom is -0.497 e. The molecule has 6 nitrogen and oxygen atoms in total. The van der Waals surface area contributed by atoms with Crippen LogP contribution in [0.2, 0.25) is 0 Å². The third-order valence-corrected chi connectivity index (χ3v) is 6.92. The fourth-order valence-electron chi connectivity index (χ4n) is 5.42. The van der Waals surface area contributed by atoms with Gasteiger partial charge in [-0.25, -0.2) is 4.98 Å². The number of ether oxygens (including phenoxy) is 2. The van der Waals surface area contributed by atoms with Crippen molar-refractivity contribution in [2.75, 3.05) is 7.11 Å². The van der Waals surface area contributed by atoms with Crippen molar-refractivity contribution in [2.45, 2.75) is 37.6 Å². The van der Waals surface area contributed by atoms with E-state index >= 15 is 0 Å². The van der Waals surface area contributed by atoms with Crippen LogP contribution < -0.4 is 15.2 Å². The molecule has 0 amide bonds. The maximum absolute atomic E-state index is 10.2. The van der Waals surface area contributed by atoms with Gasteiger partial charge in [-0.1, -0.05) is 54.6 Å². The van der Waals surface area contributed by atoms with Crippen molar-refractivity contribution in [2.24, 2.45) is 5.73 Å². The quantitative estimate of drug-likeness (QED) is 0.457. The molecule has 1 aliphatic carbocycles. The molecule has 2 heterocycles. The zero-order valence-electron chi connectivity index (χ0n) is 19.3. The van der Waals surface area contributed by atoms with Gasteiger partial charge in [-0.15, -0.1) is 0 Å². The molecule has 0 spiro atoms. The Labute approximate surface area is 198 Å². The van der Waals surface area contributed by atoms with E-state index in [0.29, 0.717) is 19.6 Å². The third kappa shape index (κ3) is 3.30. The van der Waals surface area contributed by atoms with E-state index in [-0.39, 0.29) is 0 Å². The number of hydrogen-bond acceptors (Lipinski definition) is 5. The van der Waals surface area contributed by atoms with Crippen molar-refractivity contribution in [3.8, 4) is 45.4 Å². The zero-order chi connectivity index (χ0) is 23.5. The summed E-state index contributed by atoms with van der Waals surface area (Å²) >= 11 is 0. The van der Waals surface area contributed by atoms with Gasteiger partial charge >= 0.3 is 0 Å². The highest BCUT2D eigenvalue weighted by Gasteiger charge is 2.49. The van der Waals surface area contributed by atoms with Crippen LogP contribution in [0.15, 0.2) is 72.8 Å². The summed E-state index contributed by atoms with van der Waals surface area (Å²) in [6.07, 6.45) is 1.12. The molecule has 34 heavy (non-hydrogen) atoms. The van der Waals surface area contributed by atoms with Gasteiger partial charge in [0.25, 0.3) is 0 Å². The minimum atomic E-state index is -0.689. The minimum absolute atomic E-state index is 0.380. The number of fused-ring (bicyclic) bond motifs is 3. The average molecular weight is 454 g/mol. The van der Waals surface area contributed by atoms with E-state index in [1.54, 1.807) is 7.11 Å². The molecule has 2 aliphatic rings. The lowest BCUT2D eigenvalue weighted by molar-refractivity contribution is -0.0738. The van der Waals surface area contributed by atoms with E-state index in [9.17, 15) is 5.11 Å². The number of imidazole rings is 1. The number of rotatable bonds is 4. The van der Waals surface area contributed by atoms with Gasteiger partial charge in [0.05, 0.1) is 29.7 Å². The third-order valence-electron chi connectivity index (χ3n) is 6.92. The number of benzene rings is 3. The first-order chi connectivity index (χ1) is 16.4. The first-order valence-corrected chi connectivity index (χ1v) is 11.5. The standard InChI is InChI=1S/C28H27N3O3/c1-27(32)15-28(29,16-27)20-10-8-18(9-11-20)24-25(19-6-4-3-5-7-19)31-17-34-23-13-12-21(33-2)14-22(23)26(31)30-24/h3-14,32H,15-17,29H2,1-2H3/t27-,28+. The summed E-state index contributed by atoms with van der Waals surface area (Å²) in [5.74, 6) is 2.40. The lowest BCUT2D eigenvalue weighted by atomic mass is 9.63. The van der Waals surface area contributed by atoms with Crippen molar-refractivity contribution in [1.82, 2.24) is 9.55 Å². The molecule has 0 saturated heterocycles. The predicted molar refractivity (Wildman–Crippen MR) is 131 cm³/mol. The molecule has 1 fully saturated rings. The van der Waals surface area contributed by atoms with Crippen LogP contribution in [0.5, 0.6) is 11.5 Å². The van der Waals surface area contributed by atoms with E-state index < -0.39 is 11.1 Å². The molecule has 3 aromatic carbocycles. The van der Waals surface area contributed by atoms with Crippen LogP contribution in [0.1, 0.15) is 25.3 Å². The molecule has 172 valence electrons. The molecule has 1 aliphatic heterocycles. The molecule has 4 aromatic rings. The second kappa shape index (κ2) is 7.45. The molecule has 1 saturated carbocycles. The Morgan fingerprint density at radius 2 is 1.74 bits per heavy atom. The fraction of sp³-hybridized carbons (Fsp3) is 0.250. The normalized spacial score (nSPS) is 22.8. The van der Waals surface area contributed by atoms with E-state index in [2.05, 4.69) is 41.0 Å². The summed E-state index contributed by atoms with van der Waals surface area (Å²) in [5.41, 5.74) is 11.3. The van der Waals surface area contributed by atoms with Crippen LogP contribution in [0.25, 0.3) is 33.9 Å². The second-order valence-electron chi connectivity index (χ2n) is 9.65. The Kier molecular flexibility index (Phi) is 4.59. The number of nitrogens with zero attached hydrogens (tertiary/aromatic N) is 2. The lowest BCUT2D eigenvalue weighted by Gasteiger charge is -2.49. The van der Waals surface area contributed by atoms with Gasteiger partial charge < -0.3 is 20.3 Å². The van der Waals surface area contributed by atoms with Gasteiger partial charge in [-0.3, -0.25) is 4.57 Å². The van der Waals surface area contributed by atoms with Crippen molar-refractivity contribution >= 4 is 0 Å². The van der Waals surface area contributed by atoms with Crippen molar-refractivity contribution in [3.05, 3.63) is 78.4 Å². The van der Waals surface area contributed by atoms with Gasteiger partial charge in [-0.2, -0.15) is 0 Å². The van der Waals surface area contributed by atoms with Gasteiger partial charge in [-0.05, 0) is 43.5 Å². The molecular formula is C28H27N3O3. The predicted octanol–water partition coefficient (Wildman–Crippen LogP) is 4.94. The highest BCUT2D eigenvalue weighted by molar-refractivity contribution is 5.84. The van der Waals surface area contributed by atoms with Crippen LogP contribution in [-0.4, -0.2) is 27.4 Å². The first-order valence-electron chi connectivity index (χ1n) is 11.5. The number of nitrogens with two attached hydrogens (primary N) is 1. The molecule has 0 bridgehead atoms. The van der Waals surface area contributed by atoms with E-state index in [0.717, 1.165) is 51.0 Å². The maximum Gasteiger partial charge on any atom is 0.167 e. The van der Waals surface area contributed by atoms with Crippen molar-refractivity contribution in [1.29, 1.82) is 0 Å². The summed E-state index contributed by atoms with van der Waals surface area (Å²) in [7, 11) is 1.66. The first kappa shape index (κ1) is 21.0. The fourth-order valence-corrected chi connectivity index (χ4v) is 5.42. The summed E-state index contributed by atoms with van der Waals surface area (Å²) in [5, 5.41) is 10.2. The Balaban J connectivity index is 1.48. The largest absolute Gasteiger partial charge is 0.497 e. The number of methoxy groups -OCH3 is 1. The Morgan fingerprint density at radius 1 is 1.00 bits per heavy atom. The Bertz CT molecular complexity index is 1370. The molecule has 3 N–H and O–H groups in total. The molecule has 1 aromatic heterocycles. The summed E-state index contributed by atoms with van der Waals surface area (Å²) in [4.78, 5) is 5.12. The van der Waals surface area contributed by atoms with Crippen LogP contribution in [0.4, 0.5) is 0 Å². The van der Waals surface area contributed by atoms with Crippen LogP contribution in [-0.2, 0) is 12.3 Å². The van der Waals surface area contributed by atoms with E-state index in [1.807, 2.05) is 43.3 Å². The lowest BCUT2D eigenvalue weighted by Crippen LogP contribution is -2.58. The highest BCUT2D eigenvalue weighted by atomic mass is 16.5. The molecule has 6 rings (SSSR count). The molecular weight excluding hydrogens is 426 g/mol. The summed E-state index contributed by atoms with van der Waals surface area (Å²) in [6, 6.07) is 24.3.